The van der Waals surface area contributed by atoms with Gasteiger partial charge in [0.25, 0.3) is 0 Å². The third-order valence-electron chi connectivity index (χ3n) is 2.72. The summed E-state index contributed by atoms with van der Waals surface area (Å²) in [4.78, 5) is 11.8. The fraction of sp³-hybridized carbons (Fsp3) is 0.667. The molecule has 7 heteroatoms. The van der Waals surface area contributed by atoms with E-state index in [9.17, 15) is 4.79 Å². The number of hydrogen-bond donors (Lipinski definition) is 1. The van der Waals surface area contributed by atoms with Gasteiger partial charge in [-0.1, -0.05) is 0 Å². The molecule has 1 saturated heterocycles. The summed E-state index contributed by atoms with van der Waals surface area (Å²) in [6.45, 7) is 3.57. The van der Waals surface area contributed by atoms with E-state index in [4.69, 9.17) is 19.3 Å². The van der Waals surface area contributed by atoms with Crippen molar-refractivity contribution in [3.63, 3.8) is 0 Å². The first-order valence-corrected chi connectivity index (χ1v) is 8.13. The highest BCUT2D eigenvalue weighted by molar-refractivity contribution is 7.98. The predicted octanol–water partition coefficient (Wildman–Crippen LogP) is 0.321. The molecule has 0 saturated carbocycles. The molecule has 16 heavy (non-hydrogen) atoms. The molecule has 0 aliphatic carbocycles. The molecule has 0 radical (unpaired) electrons. The van der Waals surface area contributed by atoms with Crippen molar-refractivity contribution in [2.45, 2.75) is 11.6 Å². The molecular weight excluding hydrogens is 246 g/mol. The molecule has 1 rings (SSSR count). The van der Waals surface area contributed by atoms with Crippen LogP contribution >= 0.6 is 11.8 Å². The van der Waals surface area contributed by atoms with Crippen LogP contribution in [0.25, 0.3) is 0 Å². The molecule has 0 aromatic carbocycles. The van der Waals surface area contributed by atoms with Gasteiger partial charge in [-0.3, -0.25) is 4.79 Å². The van der Waals surface area contributed by atoms with Crippen LogP contribution in [0.1, 0.15) is 6.42 Å². The smallest absolute Gasteiger partial charge is 0.399 e. The molecule has 1 heterocycles. The van der Waals surface area contributed by atoms with E-state index in [0.29, 0.717) is 6.42 Å². The summed E-state index contributed by atoms with van der Waals surface area (Å²) in [7, 11) is -1.44. The van der Waals surface area contributed by atoms with Crippen molar-refractivity contribution in [2.75, 3.05) is 25.9 Å². The zero-order valence-corrected chi connectivity index (χ0v) is 11.3. The number of esters is 1. The Bertz CT molecular complexity index is 291. The van der Waals surface area contributed by atoms with Crippen molar-refractivity contribution in [1.29, 1.82) is 0 Å². The zero-order chi connectivity index (χ0) is 12.2. The number of nitrogens with two attached hydrogens (primary N) is 1. The minimum absolute atomic E-state index is 0.108. The van der Waals surface area contributed by atoms with Gasteiger partial charge in [-0.15, -0.1) is 6.58 Å². The van der Waals surface area contributed by atoms with Gasteiger partial charge >= 0.3 is 14.5 Å². The Labute approximate surface area is 101 Å². The second-order valence-corrected chi connectivity index (χ2v) is 7.80. The molecule has 0 amide bonds. The lowest BCUT2D eigenvalue weighted by Crippen LogP contribution is -2.74. The Morgan fingerprint density at radius 2 is 2.50 bits per heavy atom. The summed E-state index contributed by atoms with van der Waals surface area (Å²) >= 11 is 1.61. The molecular formula is C9H17NO4SSi. The lowest BCUT2D eigenvalue weighted by Gasteiger charge is -2.43. The van der Waals surface area contributed by atoms with Crippen LogP contribution < -0.4 is 5.73 Å². The maximum absolute atomic E-state index is 11.8. The number of cyclic esters (lactones) is 1. The molecule has 0 bridgehead atoms. The molecule has 2 atom stereocenters. The van der Waals surface area contributed by atoms with E-state index in [1.54, 1.807) is 17.5 Å². The molecule has 1 fully saturated rings. The summed E-state index contributed by atoms with van der Waals surface area (Å²) in [6, 6.07) is 0. The normalized spacial score (nSPS) is 34.6. The van der Waals surface area contributed by atoms with Gasteiger partial charge < -0.3 is 19.3 Å². The Morgan fingerprint density at radius 1 is 1.81 bits per heavy atom. The van der Waals surface area contributed by atoms with E-state index < -0.39 is 19.7 Å². The van der Waals surface area contributed by atoms with Crippen LogP contribution in [0.5, 0.6) is 0 Å². The number of carbonyl (C=O) groups is 1. The summed E-state index contributed by atoms with van der Waals surface area (Å²) in [5, 5.41) is -1.20. The molecule has 92 valence electrons. The van der Waals surface area contributed by atoms with Crippen LogP contribution in [0.2, 0.25) is 0 Å². The minimum atomic E-state index is -2.93. The Hall–Kier alpha value is -0.343. The first-order chi connectivity index (χ1) is 7.56. The monoisotopic (exact) mass is 263 g/mol. The standard InChI is InChI=1S/C9H17NO4SSi/c1-4-16(12-2)9(10,5-6-15-3)8(11)13-7-14-16/h4H,1,5-7,10H2,2-3H3. The summed E-state index contributed by atoms with van der Waals surface area (Å²) in [6.07, 6.45) is 2.40. The number of thioether (sulfide) groups is 1. The van der Waals surface area contributed by atoms with E-state index in [1.165, 1.54) is 7.11 Å². The van der Waals surface area contributed by atoms with E-state index in [0.717, 1.165) is 5.75 Å². The minimum Gasteiger partial charge on any atom is -0.438 e. The van der Waals surface area contributed by atoms with Crippen LogP contribution in [-0.4, -0.2) is 45.6 Å². The molecule has 1 aliphatic rings. The Balaban J connectivity index is 3.02. The fourth-order valence-corrected chi connectivity index (χ4v) is 4.83. The van der Waals surface area contributed by atoms with E-state index in [2.05, 4.69) is 6.58 Å². The topological polar surface area (TPSA) is 70.8 Å². The highest BCUT2D eigenvalue weighted by atomic mass is 32.2. The van der Waals surface area contributed by atoms with E-state index >= 15 is 0 Å². The number of ether oxygens (including phenoxy) is 1. The highest BCUT2D eigenvalue weighted by Crippen LogP contribution is 2.30. The molecule has 0 aromatic heterocycles. The second-order valence-electron chi connectivity index (χ2n) is 3.48. The van der Waals surface area contributed by atoms with Gasteiger partial charge in [-0.25, -0.2) is 0 Å². The molecule has 0 spiro atoms. The quantitative estimate of drug-likeness (QED) is 0.569. The van der Waals surface area contributed by atoms with Crippen LogP contribution in [0, 0.1) is 0 Å². The van der Waals surface area contributed by atoms with Crippen molar-refractivity contribution < 1.29 is 18.4 Å². The molecule has 0 aromatic rings. The number of carbonyl (C=O) groups excluding carboxylic acids is 1. The van der Waals surface area contributed by atoms with E-state index in [-0.39, 0.29) is 6.79 Å². The Kier molecular flexibility index (Phi) is 4.57. The average Bonchev–Trinajstić information content (AvgIpc) is 2.31. The molecule has 2 unspecified atom stereocenters. The van der Waals surface area contributed by atoms with Gasteiger partial charge in [0.2, 0.25) is 0 Å². The predicted molar refractivity (Wildman–Crippen MR) is 64.9 cm³/mol. The van der Waals surface area contributed by atoms with Gasteiger partial charge in [-0.2, -0.15) is 11.8 Å². The fourth-order valence-electron chi connectivity index (χ4n) is 1.68. The Morgan fingerprint density at radius 3 is 3.00 bits per heavy atom. The first-order valence-electron chi connectivity index (χ1n) is 4.84. The van der Waals surface area contributed by atoms with Gasteiger partial charge in [0.1, 0.15) is 0 Å². The number of rotatable bonds is 5. The van der Waals surface area contributed by atoms with Crippen LogP contribution in [-0.2, 0) is 18.4 Å². The summed E-state index contributed by atoms with van der Waals surface area (Å²) < 4.78 is 15.7. The molecule has 2 N–H and O–H groups in total. The van der Waals surface area contributed by atoms with Crippen LogP contribution in [0.3, 0.4) is 0 Å². The first kappa shape index (κ1) is 13.7. The zero-order valence-electron chi connectivity index (χ0n) is 9.52. The second kappa shape index (κ2) is 5.33. The van der Waals surface area contributed by atoms with Gasteiger partial charge in [0.05, 0.1) is 0 Å². The van der Waals surface area contributed by atoms with Gasteiger partial charge in [0, 0.05) is 7.11 Å². The lowest BCUT2D eigenvalue weighted by atomic mass is 10.2. The van der Waals surface area contributed by atoms with Crippen molar-refractivity contribution in [2.24, 2.45) is 5.73 Å². The summed E-state index contributed by atoms with van der Waals surface area (Å²) in [5.74, 6) is 0.280. The van der Waals surface area contributed by atoms with Gasteiger partial charge in [-0.05, 0) is 24.1 Å². The molecule has 5 nitrogen and oxygen atoms in total. The average molecular weight is 263 g/mol. The summed E-state index contributed by atoms with van der Waals surface area (Å²) in [5.41, 5.74) is 7.69. The van der Waals surface area contributed by atoms with E-state index in [1.807, 2.05) is 6.26 Å². The number of hydrogen-bond acceptors (Lipinski definition) is 6. The molecule has 1 aliphatic heterocycles. The van der Waals surface area contributed by atoms with Crippen molar-refractivity contribution in [3.05, 3.63) is 12.3 Å². The SMILES string of the molecule is C=C[Si]1(OC)OCOC(=O)C1(N)CCSC. The van der Waals surface area contributed by atoms with Crippen molar-refractivity contribution in [1.82, 2.24) is 0 Å². The maximum Gasteiger partial charge on any atom is 0.399 e. The third-order valence-corrected chi connectivity index (χ3v) is 6.72. The van der Waals surface area contributed by atoms with Crippen LogP contribution in [0.15, 0.2) is 12.3 Å². The maximum atomic E-state index is 11.8. The van der Waals surface area contributed by atoms with Gasteiger partial charge in [0.15, 0.2) is 12.0 Å². The van der Waals surface area contributed by atoms with Crippen molar-refractivity contribution >= 4 is 26.3 Å². The largest absolute Gasteiger partial charge is 0.438 e. The van der Waals surface area contributed by atoms with Crippen molar-refractivity contribution in [3.8, 4) is 0 Å². The van der Waals surface area contributed by atoms with Crippen LogP contribution in [0.4, 0.5) is 0 Å². The highest BCUT2D eigenvalue weighted by Gasteiger charge is 2.61. The third kappa shape index (κ3) is 2.05. The lowest BCUT2D eigenvalue weighted by molar-refractivity contribution is -0.163.